The van der Waals surface area contributed by atoms with Gasteiger partial charge in [-0.25, -0.2) is 9.59 Å². The van der Waals surface area contributed by atoms with Crippen LogP contribution in [0.2, 0.25) is 0 Å². The lowest BCUT2D eigenvalue weighted by Crippen LogP contribution is -2.45. The van der Waals surface area contributed by atoms with Gasteiger partial charge in [0.05, 0.1) is 9.81 Å². The molecule has 0 aromatic heterocycles. The molecule has 2 fully saturated rings. The van der Waals surface area contributed by atoms with Gasteiger partial charge in [0.15, 0.2) is 0 Å². The zero-order chi connectivity index (χ0) is 38.2. The van der Waals surface area contributed by atoms with Gasteiger partial charge in [-0.05, 0) is 58.7 Å². The Morgan fingerprint density at radius 3 is 1.28 bits per heavy atom. The number of ether oxygens (including phenoxy) is 2. The van der Waals surface area contributed by atoms with E-state index in [1.165, 1.54) is 9.80 Å². The van der Waals surface area contributed by atoms with Crippen LogP contribution in [0, 0.1) is 0 Å². The first-order chi connectivity index (χ1) is 26.1. The first-order valence-electron chi connectivity index (χ1n) is 16.6. The van der Waals surface area contributed by atoms with Crippen molar-refractivity contribution in [3.8, 4) is 11.5 Å². The summed E-state index contributed by atoms with van der Waals surface area (Å²) in [6.07, 6.45) is 3.63. The minimum atomic E-state index is -1.13. The quantitative estimate of drug-likeness (QED) is 0.0734. The van der Waals surface area contributed by atoms with Crippen molar-refractivity contribution in [3.05, 3.63) is 141 Å². The summed E-state index contributed by atoms with van der Waals surface area (Å²) in [6, 6.07) is 30.2. The van der Waals surface area contributed by atoms with E-state index in [0.717, 1.165) is 45.8 Å². The maximum absolute atomic E-state index is 13.2. The van der Waals surface area contributed by atoms with E-state index in [-0.39, 0.29) is 34.7 Å². The van der Waals surface area contributed by atoms with Crippen molar-refractivity contribution < 1.29 is 38.9 Å². The van der Waals surface area contributed by atoms with E-state index in [2.05, 4.69) is 0 Å². The number of carboxylic acids is 2. The third-order valence-electron chi connectivity index (χ3n) is 8.36. The summed E-state index contributed by atoms with van der Waals surface area (Å²) in [7, 11) is 0. The van der Waals surface area contributed by atoms with Crippen LogP contribution in [0.15, 0.2) is 119 Å². The van der Waals surface area contributed by atoms with Gasteiger partial charge in [0.2, 0.25) is 0 Å². The van der Waals surface area contributed by atoms with Crippen molar-refractivity contribution in [2.75, 3.05) is 13.2 Å². The van der Waals surface area contributed by atoms with Gasteiger partial charge in [0.1, 0.15) is 45.4 Å². The highest BCUT2D eigenvalue weighted by Crippen LogP contribution is 2.36. The van der Waals surface area contributed by atoms with Gasteiger partial charge in [0, 0.05) is 12.8 Å². The van der Waals surface area contributed by atoms with Crippen LogP contribution >= 0.6 is 48.0 Å². The van der Waals surface area contributed by atoms with Gasteiger partial charge < -0.3 is 19.7 Å². The highest BCUT2D eigenvalue weighted by atomic mass is 32.2. The number of amides is 2. The number of carbonyl (C=O) groups is 4. The largest absolute Gasteiger partial charge is 0.490 e. The third-order valence-corrected chi connectivity index (χ3v) is 11.0. The average Bonchev–Trinajstić information content (AvgIpc) is 3.60. The Balaban J connectivity index is 0.985. The lowest BCUT2D eigenvalue weighted by molar-refractivity contribution is -0.145. The van der Waals surface area contributed by atoms with E-state index >= 15 is 0 Å². The molecule has 0 bridgehead atoms. The highest BCUT2D eigenvalue weighted by molar-refractivity contribution is 8.27. The summed E-state index contributed by atoms with van der Waals surface area (Å²) < 4.78 is 12.0. The standard InChI is InChI=1S/C40H32N2O8S4/c43-35-33(53-39(51)41(35)31(37(45)46)21-25-7-3-1-4-8-25)23-27-11-15-29(16-12-27)49-19-20-50-30-17-13-28(14-18-30)24-34-36(44)42(40(52)54-34)32(38(47)48)22-26-9-5-2-6-10-26/h1-18,23-24,31-32H,19-22H2,(H,45,46)(H,47,48)/b33-23+,34-24+/t31-,32-/m0/s1. The first kappa shape index (κ1) is 38.4. The Labute approximate surface area is 330 Å². The van der Waals surface area contributed by atoms with E-state index in [9.17, 15) is 29.4 Å². The van der Waals surface area contributed by atoms with Crippen LogP contribution in [-0.4, -0.2) is 77.7 Å². The van der Waals surface area contributed by atoms with Crippen molar-refractivity contribution in [2.45, 2.75) is 24.9 Å². The molecule has 0 radical (unpaired) electrons. The minimum absolute atomic E-state index is 0.138. The van der Waals surface area contributed by atoms with Crippen LogP contribution < -0.4 is 9.47 Å². The van der Waals surface area contributed by atoms with Crippen LogP contribution in [0.3, 0.4) is 0 Å². The summed E-state index contributed by atoms with van der Waals surface area (Å²) in [5, 5.41) is 19.8. The van der Waals surface area contributed by atoms with Crippen molar-refractivity contribution >= 4 is 92.5 Å². The predicted octanol–water partition coefficient (Wildman–Crippen LogP) is 6.94. The number of benzene rings is 4. The number of thioether (sulfide) groups is 2. The van der Waals surface area contributed by atoms with Crippen molar-refractivity contribution in [1.29, 1.82) is 0 Å². The molecule has 10 nitrogen and oxygen atoms in total. The molecule has 2 aliphatic rings. The lowest BCUT2D eigenvalue weighted by Gasteiger charge is -2.23. The Hall–Kier alpha value is -5.28. The molecule has 54 heavy (non-hydrogen) atoms. The van der Waals surface area contributed by atoms with Gasteiger partial charge in [-0.2, -0.15) is 0 Å². The predicted molar refractivity (Wildman–Crippen MR) is 217 cm³/mol. The molecule has 274 valence electrons. The Kier molecular flexibility index (Phi) is 12.6. The molecule has 4 aromatic carbocycles. The van der Waals surface area contributed by atoms with E-state index in [1.807, 2.05) is 60.7 Å². The molecule has 2 aliphatic heterocycles. The van der Waals surface area contributed by atoms with Gasteiger partial charge in [0.25, 0.3) is 11.8 Å². The van der Waals surface area contributed by atoms with E-state index in [4.69, 9.17) is 33.9 Å². The number of rotatable bonds is 15. The molecule has 2 heterocycles. The van der Waals surface area contributed by atoms with E-state index in [0.29, 0.717) is 21.3 Å². The molecular weight excluding hydrogens is 765 g/mol. The fraction of sp³-hybridized carbons (Fsp3) is 0.150. The number of carboxylic acid groups (broad SMARTS) is 2. The number of hydrogen-bond donors (Lipinski definition) is 2. The molecule has 2 amide bonds. The maximum atomic E-state index is 13.2. The molecular formula is C40H32N2O8S4. The lowest BCUT2D eigenvalue weighted by atomic mass is 10.0. The van der Waals surface area contributed by atoms with Crippen LogP contribution in [0.4, 0.5) is 0 Å². The van der Waals surface area contributed by atoms with Crippen molar-refractivity contribution in [2.24, 2.45) is 0 Å². The fourth-order valence-corrected chi connectivity index (χ4v) is 8.41. The maximum Gasteiger partial charge on any atom is 0.327 e. The van der Waals surface area contributed by atoms with Gasteiger partial charge >= 0.3 is 11.9 Å². The van der Waals surface area contributed by atoms with Crippen molar-refractivity contribution in [1.82, 2.24) is 9.80 Å². The second-order valence-corrected chi connectivity index (χ2v) is 15.4. The molecule has 0 saturated carbocycles. The molecule has 2 saturated heterocycles. The summed E-state index contributed by atoms with van der Waals surface area (Å²) in [6.45, 7) is 0.516. The molecule has 0 unspecified atom stereocenters. The summed E-state index contributed by atoms with van der Waals surface area (Å²) in [5.41, 5.74) is 3.04. The third kappa shape index (κ3) is 9.44. The highest BCUT2D eigenvalue weighted by Gasteiger charge is 2.41. The van der Waals surface area contributed by atoms with Crippen LogP contribution in [0.5, 0.6) is 11.5 Å². The number of thiocarbonyl (C=S) groups is 2. The summed E-state index contributed by atoms with van der Waals surface area (Å²) in [5.74, 6) is -1.95. The zero-order valence-corrected chi connectivity index (χ0v) is 31.7. The Bertz CT molecular complexity index is 1970. The smallest absolute Gasteiger partial charge is 0.327 e. The van der Waals surface area contributed by atoms with Gasteiger partial charge in [-0.3, -0.25) is 19.4 Å². The molecule has 2 N–H and O–H groups in total. The zero-order valence-electron chi connectivity index (χ0n) is 28.4. The average molecular weight is 797 g/mol. The first-order valence-corrected chi connectivity index (χ1v) is 19.1. The van der Waals surface area contributed by atoms with Gasteiger partial charge in [-0.15, -0.1) is 0 Å². The normalized spacial score (nSPS) is 17.0. The second kappa shape index (κ2) is 17.7. The monoisotopic (exact) mass is 796 g/mol. The number of hydrogen-bond acceptors (Lipinski definition) is 10. The molecule has 14 heteroatoms. The fourth-order valence-electron chi connectivity index (χ4n) is 5.69. The van der Waals surface area contributed by atoms with E-state index < -0.39 is 35.8 Å². The molecule has 4 aromatic rings. The van der Waals surface area contributed by atoms with Crippen LogP contribution in [0.25, 0.3) is 12.2 Å². The van der Waals surface area contributed by atoms with Crippen LogP contribution in [-0.2, 0) is 32.0 Å². The Morgan fingerprint density at radius 1 is 0.593 bits per heavy atom. The molecule has 0 aliphatic carbocycles. The SMILES string of the molecule is O=C(O)[C@H](Cc1ccccc1)N1C(=O)/C(=C\c2ccc(OCCOc3ccc(/C=C4/SC(=S)N([C@@H](Cc5ccccc5)C(=O)O)C4=O)cc3)cc2)SC1=S. The molecule has 0 spiro atoms. The second-order valence-electron chi connectivity index (χ2n) is 12.0. The minimum Gasteiger partial charge on any atom is -0.490 e. The van der Waals surface area contributed by atoms with Gasteiger partial charge in [-0.1, -0.05) is 133 Å². The molecule has 2 atom stereocenters. The Morgan fingerprint density at radius 2 is 0.944 bits per heavy atom. The molecule has 6 rings (SSSR count). The van der Waals surface area contributed by atoms with E-state index in [1.54, 1.807) is 60.7 Å². The topological polar surface area (TPSA) is 134 Å². The van der Waals surface area contributed by atoms with Crippen LogP contribution in [0.1, 0.15) is 22.3 Å². The number of carbonyl (C=O) groups excluding carboxylic acids is 2. The van der Waals surface area contributed by atoms with Crippen molar-refractivity contribution in [3.63, 3.8) is 0 Å². The summed E-state index contributed by atoms with van der Waals surface area (Å²) >= 11 is 13.0. The summed E-state index contributed by atoms with van der Waals surface area (Å²) in [4.78, 5) is 53.7. The number of aliphatic carboxylic acids is 2. The number of nitrogens with zero attached hydrogens (tertiary/aromatic N) is 2.